The quantitative estimate of drug-likeness (QED) is 0.588. The van der Waals surface area contributed by atoms with Crippen LogP contribution in [0.2, 0.25) is 5.02 Å². The third-order valence-corrected chi connectivity index (χ3v) is 5.78. The Labute approximate surface area is 164 Å². The van der Waals surface area contributed by atoms with Crippen LogP contribution in [-0.2, 0) is 4.79 Å². The van der Waals surface area contributed by atoms with Crippen molar-refractivity contribution in [3.63, 3.8) is 0 Å². The lowest BCUT2D eigenvalue weighted by Crippen LogP contribution is -2.20. The van der Waals surface area contributed by atoms with E-state index >= 15 is 0 Å². The average Bonchev–Trinajstić information content (AvgIpc) is 2.70. The molecule has 0 atom stereocenters. The van der Waals surface area contributed by atoms with Gasteiger partial charge < -0.3 is 5.32 Å². The lowest BCUT2D eigenvalue weighted by molar-refractivity contribution is -0.117. The molecular weight excluding hydrogens is 356 g/mol. The molecule has 27 heavy (non-hydrogen) atoms. The highest BCUT2D eigenvalue weighted by Gasteiger charge is 2.24. The Balaban J connectivity index is 1.31. The van der Waals surface area contributed by atoms with E-state index in [1.807, 2.05) is 24.4 Å². The van der Waals surface area contributed by atoms with Crippen molar-refractivity contribution in [1.29, 1.82) is 0 Å². The van der Waals surface area contributed by atoms with E-state index in [0.717, 1.165) is 36.9 Å². The molecule has 3 aromatic rings. The van der Waals surface area contributed by atoms with Gasteiger partial charge in [0.2, 0.25) is 5.91 Å². The van der Waals surface area contributed by atoms with Crippen molar-refractivity contribution in [3.8, 4) is 0 Å². The van der Waals surface area contributed by atoms with Crippen molar-refractivity contribution >= 4 is 34.1 Å². The van der Waals surface area contributed by atoms with Crippen molar-refractivity contribution < 1.29 is 4.79 Å². The maximum absolute atomic E-state index is 12.3. The first kappa shape index (κ1) is 18.0. The lowest BCUT2D eigenvalue weighted by Gasteiger charge is -2.28. The number of amides is 1. The number of nitrogens with one attached hydrogen (secondary N) is 1. The zero-order valence-corrected chi connectivity index (χ0v) is 16.0. The summed E-state index contributed by atoms with van der Waals surface area (Å²) in [6, 6.07) is 17.8. The van der Waals surface area contributed by atoms with Crippen LogP contribution in [0.4, 0.5) is 5.69 Å². The van der Waals surface area contributed by atoms with Crippen LogP contribution in [-0.4, -0.2) is 10.9 Å². The number of nitrogens with zero attached hydrogens (tertiary/aromatic N) is 1. The molecule has 0 unspecified atom stereocenters. The van der Waals surface area contributed by atoms with Crippen LogP contribution in [0.15, 0.2) is 60.8 Å². The topological polar surface area (TPSA) is 42.0 Å². The zero-order chi connectivity index (χ0) is 18.6. The minimum Gasteiger partial charge on any atom is -0.326 e. The Bertz CT molecular complexity index is 931. The maximum Gasteiger partial charge on any atom is 0.224 e. The van der Waals surface area contributed by atoms with Gasteiger partial charge in [-0.1, -0.05) is 29.8 Å². The molecule has 1 aliphatic carbocycles. The van der Waals surface area contributed by atoms with Gasteiger partial charge in [0.1, 0.15) is 0 Å². The number of rotatable bonds is 4. The zero-order valence-electron chi connectivity index (χ0n) is 15.2. The number of benzene rings is 2. The Hall–Kier alpha value is -2.39. The van der Waals surface area contributed by atoms with E-state index < -0.39 is 0 Å². The minimum absolute atomic E-state index is 0.0909. The molecule has 0 bridgehead atoms. The van der Waals surface area contributed by atoms with Crippen molar-refractivity contribution in [2.75, 3.05) is 5.32 Å². The molecule has 138 valence electrons. The van der Waals surface area contributed by atoms with Gasteiger partial charge in [0, 0.05) is 28.7 Å². The second-order valence-corrected chi connectivity index (χ2v) is 7.87. The summed E-state index contributed by atoms with van der Waals surface area (Å²) in [4.78, 5) is 16.9. The van der Waals surface area contributed by atoms with E-state index in [-0.39, 0.29) is 5.91 Å². The predicted octanol–water partition coefficient (Wildman–Crippen LogP) is 6.19. The summed E-state index contributed by atoms with van der Waals surface area (Å²) in [6.45, 7) is 0. The highest BCUT2D eigenvalue weighted by atomic mass is 35.5. The van der Waals surface area contributed by atoms with Gasteiger partial charge in [-0.15, -0.1) is 0 Å². The fourth-order valence-electron chi connectivity index (χ4n) is 4.02. The number of fused-ring (bicyclic) bond motifs is 1. The van der Waals surface area contributed by atoms with E-state index in [4.69, 9.17) is 11.6 Å². The Morgan fingerprint density at radius 2 is 1.78 bits per heavy atom. The molecule has 0 spiro atoms. The molecule has 1 N–H and O–H groups in total. The molecule has 1 heterocycles. The lowest BCUT2D eigenvalue weighted by atomic mass is 9.77. The number of aromatic nitrogens is 1. The summed E-state index contributed by atoms with van der Waals surface area (Å²) < 4.78 is 0. The summed E-state index contributed by atoms with van der Waals surface area (Å²) >= 11 is 5.88. The van der Waals surface area contributed by atoms with E-state index in [9.17, 15) is 4.79 Å². The number of pyridine rings is 1. The van der Waals surface area contributed by atoms with Crippen molar-refractivity contribution in [1.82, 2.24) is 4.98 Å². The number of para-hydroxylation sites is 1. The third-order valence-electron chi connectivity index (χ3n) is 5.53. The molecule has 1 amide bonds. The third kappa shape index (κ3) is 4.48. The van der Waals surface area contributed by atoms with Crippen LogP contribution in [0.3, 0.4) is 0 Å². The van der Waals surface area contributed by atoms with Crippen LogP contribution >= 0.6 is 11.6 Å². The molecule has 0 aliphatic heterocycles. The SMILES string of the molecule is O=C(C[C@H]1CC[C@H](c2cnc3ccccc3c2)CC1)Nc1ccc(Cl)cc1. The molecule has 0 radical (unpaired) electrons. The Morgan fingerprint density at radius 1 is 1.04 bits per heavy atom. The normalized spacial score (nSPS) is 19.7. The van der Waals surface area contributed by atoms with Crippen LogP contribution in [0.25, 0.3) is 10.9 Å². The summed E-state index contributed by atoms with van der Waals surface area (Å²) in [7, 11) is 0. The summed E-state index contributed by atoms with van der Waals surface area (Å²) in [5, 5.41) is 4.86. The molecule has 0 saturated heterocycles. The smallest absolute Gasteiger partial charge is 0.224 e. The molecule has 3 nitrogen and oxygen atoms in total. The number of anilines is 1. The highest BCUT2D eigenvalue weighted by molar-refractivity contribution is 6.30. The summed E-state index contributed by atoms with van der Waals surface area (Å²) in [5.41, 5.74) is 3.19. The highest BCUT2D eigenvalue weighted by Crippen LogP contribution is 2.37. The number of hydrogen-bond donors (Lipinski definition) is 1. The van der Waals surface area contributed by atoms with Crippen molar-refractivity contribution in [2.24, 2.45) is 5.92 Å². The monoisotopic (exact) mass is 378 g/mol. The van der Waals surface area contributed by atoms with E-state index in [0.29, 0.717) is 23.3 Å². The van der Waals surface area contributed by atoms with Crippen LogP contribution in [0, 0.1) is 5.92 Å². The molecule has 2 aromatic carbocycles. The van der Waals surface area contributed by atoms with E-state index in [2.05, 4.69) is 34.6 Å². The van der Waals surface area contributed by atoms with Gasteiger partial charge in [-0.3, -0.25) is 9.78 Å². The molecule has 1 fully saturated rings. The number of hydrogen-bond acceptors (Lipinski definition) is 2. The second-order valence-electron chi connectivity index (χ2n) is 7.44. The fourth-order valence-corrected chi connectivity index (χ4v) is 4.14. The predicted molar refractivity (Wildman–Crippen MR) is 111 cm³/mol. The molecule has 1 saturated carbocycles. The average molecular weight is 379 g/mol. The van der Waals surface area contributed by atoms with Gasteiger partial charge in [-0.25, -0.2) is 0 Å². The Kier molecular flexibility index (Phi) is 5.40. The summed E-state index contributed by atoms with van der Waals surface area (Å²) in [6.07, 6.45) is 7.04. The Morgan fingerprint density at radius 3 is 2.56 bits per heavy atom. The molecule has 4 rings (SSSR count). The van der Waals surface area contributed by atoms with Crippen molar-refractivity contribution in [3.05, 3.63) is 71.4 Å². The van der Waals surface area contributed by atoms with E-state index in [1.165, 1.54) is 10.9 Å². The largest absolute Gasteiger partial charge is 0.326 e. The van der Waals surface area contributed by atoms with Gasteiger partial charge in [0.05, 0.1) is 5.52 Å². The van der Waals surface area contributed by atoms with E-state index in [1.54, 1.807) is 12.1 Å². The first-order valence-corrected chi connectivity index (χ1v) is 9.95. The minimum atomic E-state index is 0.0909. The molecule has 1 aromatic heterocycles. The first-order chi connectivity index (χ1) is 13.2. The van der Waals surface area contributed by atoms with Crippen molar-refractivity contribution in [2.45, 2.75) is 38.0 Å². The standard InChI is InChI=1S/C23H23ClN2O/c24-20-9-11-21(12-10-20)26-23(27)13-16-5-7-17(8-6-16)19-14-18-3-1-2-4-22(18)25-15-19/h1-4,9-12,14-17H,5-8,13H2,(H,26,27)/t16-,17-. The number of halogens is 1. The maximum atomic E-state index is 12.3. The first-order valence-electron chi connectivity index (χ1n) is 9.57. The summed E-state index contributed by atoms with van der Waals surface area (Å²) in [5.74, 6) is 1.10. The molecule has 1 aliphatic rings. The van der Waals surface area contributed by atoms with Gasteiger partial charge in [0.25, 0.3) is 0 Å². The van der Waals surface area contributed by atoms with Gasteiger partial charge in [-0.2, -0.15) is 0 Å². The number of carbonyl (C=O) groups excluding carboxylic acids is 1. The van der Waals surface area contributed by atoms with Crippen LogP contribution in [0.1, 0.15) is 43.6 Å². The second kappa shape index (κ2) is 8.10. The van der Waals surface area contributed by atoms with Gasteiger partial charge in [-0.05, 0) is 79.5 Å². The van der Waals surface area contributed by atoms with Crippen LogP contribution < -0.4 is 5.32 Å². The fraction of sp³-hybridized carbons (Fsp3) is 0.304. The molecule has 4 heteroatoms. The molecular formula is C23H23ClN2O. The van der Waals surface area contributed by atoms with Gasteiger partial charge in [0.15, 0.2) is 0 Å². The number of carbonyl (C=O) groups is 1. The van der Waals surface area contributed by atoms with Gasteiger partial charge >= 0.3 is 0 Å². The van der Waals surface area contributed by atoms with Crippen LogP contribution in [0.5, 0.6) is 0 Å².